The molecule has 0 aliphatic heterocycles. The van der Waals surface area contributed by atoms with Crippen LogP contribution in [0.25, 0.3) is 87.0 Å². The van der Waals surface area contributed by atoms with Crippen molar-refractivity contribution in [3.8, 4) is 0 Å². The van der Waals surface area contributed by atoms with E-state index in [1.54, 1.807) is 0 Å². The largest absolute Gasteiger partial charge is 0.310 e. The summed E-state index contributed by atoms with van der Waals surface area (Å²) in [5.74, 6) is 0. The summed E-state index contributed by atoms with van der Waals surface area (Å²) in [4.78, 5) is 4.97. The molecule has 0 unspecified atom stereocenters. The summed E-state index contributed by atoms with van der Waals surface area (Å²) >= 11 is 0. The van der Waals surface area contributed by atoms with Crippen molar-refractivity contribution in [1.82, 2.24) is 8.80 Å². The maximum absolute atomic E-state index is 2.58. The lowest BCUT2D eigenvalue weighted by atomic mass is 9.95. The van der Waals surface area contributed by atoms with E-state index in [-0.39, 0.29) is 0 Å². The average molecular weight is 789 g/mol. The summed E-state index contributed by atoms with van der Waals surface area (Å²) in [7, 11) is 0. The molecule has 4 nitrogen and oxygen atoms in total. The van der Waals surface area contributed by atoms with Crippen LogP contribution in [0.15, 0.2) is 218 Å². The second-order valence-electron chi connectivity index (χ2n) is 16.5. The van der Waals surface area contributed by atoms with E-state index in [0.717, 1.165) is 34.1 Å². The molecule has 4 heteroatoms. The smallest absolute Gasteiger partial charge is 0.0643 e. The molecule has 14 aromatic rings. The van der Waals surface area contributed by atoms with Gasteiger partial charge >= 0.3 is 0 Å². The van der Waals surface area contributed by atoms with Crippen LogP contribution >= 0.6 is 0 Å². The SMILES string of the molecule is c1ccc(N(c2ccccc2)c2cc3c4cccc5c6ccccc6n(c54)c3c3c(N(c4ccccc4)c4ccccc4)cc4c5cccc6c7ccccc7n(c65)c4c23)cc1. The number of nitrogens with zero attached hydrogens (tertiary/aromatic N) is 4. The first-order valence-corrected chi connectivity index (χ1v) is 21.4. The van der Waals surface area contributed by atoms with Gasteiger partial charge in [-0.25, -0.2) is 0 Å². The van der Waals surface area contributed by atoms with Gasteiger partial charge in [0.2, 0.25) is 0 Å². The quantitative estimate of drug-likeness (QED) is 0.167. The van der Waals surface area contributed by atoms with Gasteiger partial charge in [0.1, 0.15) is 0 Å². The molecular formula is C58H36N4. The second-order valence-corrected chi connectivity index (χ2v) is 16.5. The van der Waals surface area contributed by atoms with E-state index in [0.29, 0.717) is 0 Å². The molecule has 62 heavy (non-hydrogen) atoms. The van der Waals surface area contributed by atoms with Crippen LogP contribution in [-0.4, -0.2) is 8.80 Å². The Morgan fingerprint density at radius 2 is 0.532 bits per heavy atom. The van der Waals surface area contributed by atoms with E-state index in [1.165, 1.54) is 87.0 Å². The molecule has 0 amide bonds. The molecule has 288 valence electrons. The Morgan fingerprint density at radius 3 is 0.887 bits per heavy atom. The third-order valence-corrected chi connectivity index (χ3v) is 13.3. The van der Waals surface area contributed by atoms with Crippen molar-refractivity contribution in [3.63, 3.8) is 0 Å². The van der Waals surface area contributed by atoms with Gasteiger partial charge in [0, 0.05) is 76.6 Å². The number of anilines is 6. The minimum absolute atomic E-state index is 1.10. The van der Waals surface area contributed by atoms with Crippen LogP contribution in [0.5, 0.6) is 0 Å². The number of fused-ring (bicyclic) bond motifs is 15. The zero-order chi connectivity index (χ0) is 40.5. The maximum Gasteiger partial charge on any atom is 0.0643 e. The van der Waals surface area contributed by atoms with Crippen molar-refractivity contribution in [2.45, 2.75) is 0 Å². The van der Waals surface area contributed by atoms with Crippen molar-refractivity contribution in [3.05, 3.63) is 218 Å². The minimum atomic E-state index is 1.10. The summed E-state index contributed by atoms with van der Waals surface area (Å²) < 4.78 is 5.15. The van der Waals surface area contributed by atoms with E-state index in [1.807, 2.05) is 0 Å². The van der Waals surface area contributed by atoms with Gasteiger partial charge in [0.25, 0.3) is 0 Å². The molecule has 0 bridgehead atoms. The molecule has 0 fully saturated rings. The van der Waals surface area contributed by atoms with Crippen molar-refractivity contribution >= 4 is 121 Å². The van der Waals surface area contributed by atoms with Gasteiger partial charge in [0.15, 0.2) is 0 Å². The van der Waals surface area contributed by atoms with Gasteiger partial charge in [-0.15, -0.1) is 0 Å². The first-order valence-electron chi connectivity index (χ1n) is 21.4. The Bertz CT molecular complexity index is 3680. The van der Waals surface area contributed by atoms with E-state index in [4.69, 9.17) is 0 Å². The van der Waals surface area contributed by atoms with Crippen molar-refractivity contribution in [2.75, 3.05) is 9.80 Å². The summed E-state index contributed by atoms with van der Waals surface area (Å²) in [6, 6.07) is 80.2. The molecule has 4 heterocycles. The van der Waals surface area contributed by atoms with Crippen LogP contribution in [0.4, 0.5) is 34.1 Å². The third-order valence-electron chi connectivity index (χ3n) is 13.3. The van der Waals surface area contributed by atoms with Crippen molar-refractivity contribution in [1.29, 1.82) is 0 Å². The number of rotatable bonds is 6. The summed E-state index contributed by atoms with van der Waals surface area (Å²) in [6.45, 7) is 0. The lowest BCUT2D eigenvalue weighted by molar-refractivity contribution is 1.28. The van der Waals surface area contributed by atoms with Crippen LogP contribution < -0.4 is 9.80 Å². The van der Waals surface area contributed by atoms with Crippen LogP contribution in [-0.2, 0) is 0 Å². The molecule has 14 rings (SSSR count). The Morgan fingerprint density at radius 1 is 0.242 bits per heavy atom. The zero-order valence-electron chi connectivity index (χ0n) is 33.6. The fourth-order valence-corrected chi connectivity index (χ4v) is 10.9. The van der Waals surface area contributed by atoms with Crippen molar-refractivity contribution < 1.29 is 0 Å². The topological polar surface area (TPSA) is 15.3 Å². The summed E-state index contributed by atoms with van der Waals surface area (Å²) in [5, 5.41) is 12.4. The molecule has 0 radical (unpaired) electrons. The highest BCUT2D eigenvalue weighted by molar-refractivity contribution is 6.37. The Labute approximate surface area is 356 Å². The number of aromatic nitrogens is 2. The van der Waals surface area contributed by atoms with E-state index >= 15 is 0 Å². The normalized spacial score (nSPS) is 12.2. The first kappa shape index (κ1) is 33.5. The molecule has 0 aliphatic carbocycles. The monoisotopic (exact) mass is 788 g/mol. The predicted molar refractivity (Wildman–Crippen MR) is 263 cm³/mol. The molecule has 0 spiro atoms. The standard InChI is InChI=1S/C58H36N4/c1-5-19-37(20-6-1)59(38-21-7-2-8-22-38)51-35-47-45-31-17-29-43-42-28-14-16-34-50(42)62(55(43)45)58(47)54-52(60(39-23-9-3-10-24-39)40-25-11-4-12-26-40)36-48-46-32-18-30-44-41-27-13-15-33-49(41)61(56(44)46)57(48)53(51)54/h1-36H. The van der Waals surface area contributed by atoms with Gasteiger partial charge in [-0.2, -0.15) is 0 Å². The maximum atomic E-state index is 2.58. The van der Waals surface area contributed by atoms with E-state index in [9.17, 15) is 0 Å². The van der Waals surface area contributed by atoms with Gasteiger partial charge in [-0.05, 0) is 72.8 Å². The third kappa shape index (κ3) is 4.40. The fraction of sp³-hybridized carbons (Fsp3) is 0. The minimum Gasteiger partial charge on any atom is -0.310 e. The lowest BCUT2D eigenvalue weighted by Gasteiger charge is -2.31. The number of benzene rings is 10. The highest BCUT2D eigenvalue weighted by atomic mass is 15.2. The van der Waals surface area contributed by atoms with Crippen LogP contribution in [0.1, 0.15) is 0 Å². The molecule has 0 saturated carbocycles. The van der Waals surface area contributed by atoms with E-state index < -0.39 is 0 Å². The molecule has 0 saturated heterocycles. The van der Waals surface area contributed by atoms with Crippen LogP contribution in [0, 0.1) is 0 Å². The van der Waals surface area contributed by atoms with Gasteiger partial charge in [-0.1, -0.05) is 146 Å². The lowest BCUT2D eigenvalue weighted by Crippen LogP contribution is -2.13. The Kier molecular flexibility index (Phi) is 6.80. The highest BCUT2D eigenvalue weighted by Gasteiger charge is 2.31. The molecular weight excluding hydrogens is 753 g/mol. The molecule has 0 N–H and O–H groups in total. The first-order chi connectivity index (χ1) is 30.8. The Hall–Kier alpha value is -8.34. The summed E-state index contributed by atoms with van der Waals surface area (Å²) in [5.41, 5.74) is 14.0. The average Bonchev–Trinajstić information content (AvgIpc) is 4.07. The second kappa shape index (κ2) is 12.6. The molecule has 10 aromatic carbocycles. The number of hydrogen-bond donors (Lipinski definition) is 0. The van der Waals surface area contributed by atoms with Gasteiger partial charge in [-0.3, -0.25) is 0 Å². The molecule has 0 aliphatic rings. The highest BCUT2D eigenvalue weighted by Crippen LogP contribution is 2.55. The van der Waals surface area contributed by atoms with Crippen LogP contribution in [0.2, 0.25) is 0 Å². The molecule has 4 aromatic heterocycles. The number of para-hydroxylation sites is 8. The molecule has 0 atom stereocenters. The number of hydrogen-bond acceptors (Lipinski definition) is 2. The van der Waals surface area contributed by atoms with Gasteiger partial charge in [0.05, 0.1) is 44.5 Å². The predicted octanol–water partition coefficient (Wildman–Crippen LogP) is 16.1. The van der Waals surface area contributed by atoms with Crippen molar-refractivity contribution in [2.24, 2.45) is 0 Å². The van der Waals surface area contributed by atoms with Gasteiger partial charge < -0.3 is 18.6 Å². The Balaban J connectivity index is 1.33. The van der Waals surface area contributed by atoms with E-state index in [2.05, 4.69) is 237 Å². The van der Waals surface area contributed by atoms with Crippen LogP contribution in [0.3, 0.4) is 0 Å². The fourth-order valence-electron chi connectivity index (χ4n) is 10.9. The zero-order valence-corrected chi connectivity index (χ0v) is 33.6. The summed E-state index contributed by atoms with van der Waals surface area (Å²) in [6.07, 6.45) is 0.